The smallest absolute Gasteiger partial charge is 0.233 e. The largest absolute Gasteiger partial charge is 0.352 e. The van der Waals surface area contributed by atoms with E-state index < -0.39 is 0 Å². The third-order valence-corrected chi connectivity index (χ3v) is 3.59. The van der Waals surface area contributed by atoms with Crippen LogP contribution in [-0.2, 0) is 11.2 Å². The van der Waals surface area contributed by atoms with Gasteiger partial charge in [0.1, 0.15) is 6.33 Å². The van der Waals surface area contributed by atoms with Gasteiger partial charge in [0.05, 0.1) is 0 Å². The van der Waals surface area contributed by atoms with Crippen LogP contribution < -0.4 is 10.6 Å². The van der Waals surface area contributed by atoms with Gasteiger partial charge in [0.15, 0.2) is 0 Å². The molecule has 8 heteroatoms. The molecular formula is C14H15Cl2N5O. The standard InChI is InChI=1S/C14H15Cl2N5O/c1-9(2-3-10-6-11(15)4-5-12(10)16)20-14-18-7-17-13(21-14)19-8-22/h4-9H,2-3H2,1H3,(H2,17,18,19,20,21,22). The SMILES string of the molecule is CC(CCc1cc(Cl)ccc1Cl)Nc1ncnc(NC=O)n1. The summed E-state index contributed by atoms with van der Waals surface area (Å²) in [6, 6.07) is 5.54. The Morgan fingerprint density at radius 1 is 1.27 bits per heavy atom. The summed E-state index contributed by atoms with van der Waals surface area (Å²) >= 11 is 12.1. The molecule has 1 aromatic carbocycles. The van der Waals surface area contributed by atoms with Gasteiger partial charge in [-0.25, -0.2) is 9.97 Å². The number of hydrogen-bond acceptors (Lipinski definition) is 5. The molecule has 1 atom stereocenters. The summed E-state index contributed by atoms with van der Waals surface area (Å²) in [5.74, 6) is 0.613. The molecule has 0 aliphatic rings. The predicted molar refractivity (Wildman–Crippen MR) is 87.4 cm³/mol. The first-order chi connectivity index (χ1) is 10.6. The van der Waals surface area contributed by atoms with Crippen LogP contribution in [0, 0.1) is 0 Å². The van der Waals surface area contributed by atoms with E-state index in [0.717, 1.165) is 18.4 Å². The maximum atomic E-state index is 10.4. The fourth-order valence-electron chi connectivity index (χ4n) is 1.89. The van der Waals surface area contributed by atoms with Gasteiger partial charge in [-0.15, -0.1) is 0 Å². The van der Waals surface area contributed by atoms with Crippen molar-refractivity contribution in [3.63, 3.8) is 0 Å². The maximum absolute atomic E-state index is 10.4. The highest BCUT2D eigenvalue weighted by atomic mass is 35.5. The highest BCUT2D eigenvalue weighted by Gasteiger charge is 2.08. The minimum atomic E-state index is 0.113. The number of anilines is 2. The van der Waals surface area contributed by atoms with E-state index >= 15 is 0 Å². The van der Waals surface area contributed by atoms with Crippen LogP contribution >= 0.6 is 23.2 Å². The van der Waals surface area contributed by atoms with Gasteiger partial charge in [0.2, 0.25) is 18.3 Å². The van der Waals surface area contributed by atoms with Gasteiger partial charge < -0.3 is 5.32 Å². The summed E-state index contributed by atoms with van der Waals surface area (Å²) in [6.45, 7) is 2.01. The molecule has 0 aliphatic heterocycles. The molecule has 2 aromatic rings. The van der Waals surface area contributed by atoms with Gasteiger partial charge in [-0.2, -0.15) is 4.98 Å². The van der Waals surface area contributed by atoms with Crippen LogP contribution in [0.1, 0.15) is 18.9 Å². The topological polar surface area (TPSA) is 79.8 Å². The number of aryl methyl sites for hydroxylation is 1. The van der Waals surface area contributed by atoms with Crippen LogP contribution in [-0.4, -0.2) is 27.4 Å². The van der Waals surface area contributed by atoms with Crippen molar-refractivity contribution in [1.29, 1.82) is 0 Å². The number of rotatable bonds is 7. The van der Waals surface area contributed by atoms with Crippen molar-refractivity contribution in [3.05, 3.63) is 40.1 Å². The Morgan fingerprint density at radius 3 is 2.82 bits per heavy atom. The van der Waals surface area contributed by atoms with E-state index in [9.17, 15) is 4.79 Å². The number of carbonyl (C=O) groups is 1. The molecule has 1 heterocycles. The number of benzene rings is 1. The molecule has 0 radical (unpaired) electrons. The van der Waals surface area contributed by atoms with E-state index in [1.807, 2.05) is 13.0 Å². The van der Waals surface area contributed by atoms with Crippen LogP contribution in [0.4, 0.5) is 11.9 Å². The summed E-state index contributed by atoms with van der Waals surface area (Å²) in [6.07, 6.45) is 3.45. The van der Waals surface area contributed by atoms with Crippen molar-refractivity contribution < 1.29 is 4.79 Å². The number of halogens is 2. The molecule has 0 saturated carbocycles. The molecular weight excluding hydrogens is 325 g/mol. The van der Waals surface area contributed by atoms with E-state index in [1.165, 1.54) is 6.33 Å². The first kappa shape index (κ1) is 16.5. The highest BCUT2D eigenvalue weighted by molar-refractivity contribution is 6.33. The van der Waals surface area contributed by atoms with Crippen molar-refractivity contribution in [2.75, 3.05) is 10.6 Å². The van der Waals surface area contributed by atoms with Gasteiger partial charge in [-0.3, -0.25) is 10.1 Å². The lowest BCUT2D eigenvalue weighted by atomic mass is 10.1. The van der Waals surface area contributed by atoms with Crippen molar-refractivity contribution in [1.82, 2.24) is 15.0 Å². The summed E-state index contributed by atoms with van der Waals surface area (Å²) in [7, 11) is 0. The summed E-state index contributed by atoms with van der Waals surface area (Å²) in [5.41, 5.74) is 1.00. The molecule has 0 spiro atoms. The second-order valence-corrected chi connectivity index (χ2v) is 5.56. The Balaban J connectivity index is 1.92. The molecule has 22 heavy (non-hydrogen) atoms. The molecule has 0 saturated heterocycles. The fraction of sp³-hybridized carbons (Fsp3) is 0.286. The van der Waals surface area contributed by atoms with Gasteiger partial charge in [-0.1, -0.05) is 23.2 Å². The lowest BCUT2D eigenvalue weighted by Gasteiger charge is -2.14. The molecule has 2 rings (SSSR count). The van der Waals surface area contributed by atoms with E-state index in [1.54, 1.807) is 12.1 Å². The molecule has 2 N–H and O–H groups in total. The minimum Gasteiger partial charge on any atom is -0.352 e. The van der Waals surface area contributed by atoms with Crippen LogP contribution in [0.2, 0.25) is 10.0 Å². The normalized spacial score (nSPS) is 11.8. The third-order valence-electron chi connectivity index (χ3n) is 2.99. The number of carbonyl (C=O) groups excluding carboxylic acids is 1. The van der Waals surface area contributed by atoms with Crippen LogP contribution in [0.5, 0.6) is 0 Å². The molecule has 1 aromatic heterocycles. The molecule has 1 amide bonds. The van der Waals surface area contributed by atoms with Crippen LogP contribution in [0.3, 0.4) is 0 Å². The van der Waals surface area contributed by atoms with Crippen molar-refractivity contribution in [2.45, 2.75) is 25.8 Å². The van der Waals surface area contributed by atoms with Gasteiger partial charge >= 0.3 is 0 Å². The zero-order valence-corrected chi connectivity index (χ0v) is 13.4. The Labute approximate surface area is 138 Å². The number of aromatic nitrogens is 3. The van der Waals surface area contributed by atoms with Crippen LogP contribution in [0.25, 0.3) is 0 Å². The third kappa shape index (κ3) is 4.82. The maximum Gasteiger partial charge on any atom is 0.233 e. The first-order valence-electron chi connectivity index (χ1n) is 6.68. The highest BCUT2D eigenvalue weighted by Crippen LogP contribution is 2.22. The van der Waals surface area contributed by atoms with E-state index in [4.69, 9.17) is 23.2 Å². The number of nitrogens with zero attached hydrogens (tertiary/aromatic N) is 3. The van der Waals surface area contributed by atoms with E-state index in [-0.39, 0.29) is 12.0 Å². The zero-order chi connectivity index (χ0) is 15.9. The average molecular weight is 340 g/mol. The van der Waals surface area contributed by atoms with Crippen molar-refractivity contribution in [3.8, 4) is 0 Å². The number of nitrogens with one attached hydrogen (secondary N) is 2. The van der Waals surface area contributed by atoms with Crippen LogP contribution in [0.15, 0.2) is 24.5 Å². The summed E-state index contributed by atoms with van der Waals surface area (Å²) < 4.78 is 0. The summed E-state index contributed by atoms with van der Waals surface area (Å²) in [4.78, 5) is 22.3. The Morgan fingerprint density at radius 2 is 2.05 bits per heavy atom. The Bertz CT molecular complexity index is 653. The van der Waals surface area contributed by atoms with Gasteiger partial charge in [0, 0.05) is 16.1 Å². The molecule has 116 valence electrons. The van der Waals surface area contributed by atoms with E-state index in [0.29, 0.717) is 22.4 Å². The molecule has 6 nitrogen and oxygen atoms in total. The predicted octanol–water partition coefficient (Wildman–Crippen LogP) is 3.18. The first-order valence-corrected chi connectivity index (χ1v) is 7.43. The Hall–Kier alpha value is -1.92. The second-order valence-electron chi connectivity index (χ2n) is 4.71. The number of hydrogen-bond donors (Lipinski definition) is 2. The fourth-order valence-corrected chi connectivity index (χ4v) is 2.29. The van der Waals surface area contributed by atoms with Gasteiger partial charge in [0.25, 0.3) is 0 Å². The van der Waals surface area contributed by atoms with E-state index in [2.05, 4.69) is 25.6 Å². The minimum absolute atomic E-state index is 0.113. The Kier molecular flexibility index (Phi) is 5.91. The van der Waals surface area contributed by atoms with Crippen molar-refractivity contribution in [2.24, 2.45) is 0 Å². The second kappa shape index (κ2) is 7.91. The quantitative estimate of drug-likeness (QED) is 0.757. The lowest BCUT2D eigenvalue weighted by molar-refractivity contribution is -0.105. The summed E-state index contributed by atoms with van der Waals surface area (Å²) in [5, 5.41) is 6.90. The zero-order valence-electron chi connectivity index (χ0n) is 11.9. The monoisotopic (exact) mass is 339 g/mol. The lowest BCUT2D eigenvalue weighted by Crippen LogP contribution is -2.18. The molecule has 0 bridgehead atoms. The molecule has 0 aliphatic carbocycles. The number of amides is 1. The molecule has 1 unspecified atom stereocenters. The van der Waals surface area contributed by atoms with Crippen molar-refractivity contribution >= 4 is 41.5 Å². The average Bonchev–Trinajstić information content (AvgIpc) is 2.49. The van der Waals surface area contributed by atoms with Gasteiger partial charge in [-0.05, 0) is 43.5 Å². The molecule has 0 fully saturated rings.